The van der Waals surface area contributed by atoms with Crippen molar-refractivity contribution in [3.05, 3.63) is 48.4 Å². The van der Waals surface area contributed by atoms with Crippen molar-refractivity contribution in [2.75, 3.05) is 0 Å². The molecule has 3 aromatic heterocycles. The summed E-state index contributed by atoms with van der Waals surface area (Å²) < 4.78 is 1.73. The highest BCUT2D eigenvalue weighted by atomic mass is 15.3. The van der Waals surface area contributed by atoms with E-state index in [4.69, 9.17) is 5.73 Å². The second-order valence-corrected chi connectivity index (χ2v) is 3.67. The first-order valence-corrected chi connectivity index (χ1v) is 5.33. The van der Waals surface area contributed by atoms with E-state index in [-0.39, 0.29) is 0 Å². The molecule has 0 unspecified atom stereocenters. The predicted molar refractivity (Wildman–Crippen MR) is 64.1 cm³/mol. The van der Waals surface area contributed by atoms with Crippen LogP contribution in [0.1, 0.15) is 5.69 Å². The first-order chi connectivity index (χ1) is 8.36. The van der Waals surface area contributed by atoms with Crippen LogP contribution in [-0.2, 0) is 6.54 Å². The van der Waals surface area contributed by atoms with Crippen LogP contribution in [0.5, 0.6) is 0 Å². The van der Waals surface area contributed by atoms with E-state index >= 15 is 0 Å². The van der Waals surface area contributed by atoms with Crippen LogP contribution in [0.2, 0.25) is 0 Å². The molecule has 0 fully saturated rings. The van der Waals surface area contributed by atoms with E-state index in [1.54, 1.807) is 10.7 Å². The molecule has 0 aliphatic rings. The Bertz CT molecular complexity index is 644. The molecular formula is C12H11N5. The Labute approximate surface area is 97.9 Å². The molecule has 5 heteroatoms. The molecule has 0 saturated heterocycles. The van der Waals surface area contributed by atoms with Crippen LogP contribution in [0, 0.1) is 0 Å². The highest BCUT2D eigenvalue weighted by molar-refractivity contribution is 5.55. The van der Waals surface area contributed by atoms with Gasteiger partial charge in [0.05, 0.1) is 17.6 Å². The minimum atomic E-state index is 0.419. The Balaban J connectivity index is 2.13. The van der Waals surface area contributed by atoms with Crippen molar-refractivity contribution in [3.63, 3.8) is 0 Å². The second-order valence-electron chi connectivity index (χ2n) is 3.67. The molecule has 0 aliphatic carbocycles. The molecule has 0 atom stereocenters. The number of nitrogens with two attached hydrogens (primary N) is 1. The van der Waals surface area contributed by atoms with E-state index in [1.165, 1.54) is 0 Å². The first-order valence-electron chi connectivity index (χ1n) is 5.33. The third kappa shape index (κ3) is 1.76. The van der Waals surface area contributed by atoms with Gasteiger partial charge in [0.2, 0.25) is 0 Å². The molecule has 0 saturated carbocycles. The summed E-state index contributed by atoms with van der Waals surface area (Å²) >= 11 is 0. The molecule has 0 radical (unpaired) electrons. The van der Waals surface area contributed by atoms with Crippen LogP contribution >= 0.6 is 0 Å². The van der Waals surface area contributed by atoms with Crippen LogP contribution < -0.4 is 5.73 Å². The van der Waals surface area contributed by atoms with Gasteiger partial charge in [0.15, 0.2) is 5.65 Å². The smallest absolute Gasteiger partial charge is 0.153 e. The number of hydrogen-bond donors (Lipinski definition) is 1. The SMILES string of the molecule is NCc1cn2nc(-c3ccccn3)ccc2n1. The van der Waals surface area contributed by atoms with Crippen molar-refractivity contribution in [1.29, 1.82) is 0 Å². The topological polar surface area (TPSA) is 69.1 Å². The Hall–Kier alpha value is -2.27. The van der Waals surface area contributed by atoms with Gasteiger partial charge in [-0.25, -0.2) is 9.50 Å². The molecule has 5 nitrogen and oxygen atoms in total. The number of nitrogens with zero attached hydrogens (tertiary/aromatic N) is 4. The van der Waals surface area contributed by atoms with Gasteiger partial charge in [-0.05, 0) is 24.3 Å². The number of rotatable bonds is 2. The zero-order valence-corrected chi connectivity index (χ0v) is 9.11. The second kappa shape index (κ2) is 3.95. The fourth-order valence-electron chi connectivity index (χ4n) is 1.68. The van der Waals surface area contributed by atoms with Crippen molar-refractivity contribution in [2.24, 2.45) is 5.73 Å². The van der Waals surface area contributed by atoms with Gasteiger partial charge < -0.3 is 5.73 Å². The summed E-state index contributed by atoms with van der Waals surface area (Å²) in [5, 5.41) is 4.45. The lowest BCUT2D eigenvalue weighted by Crippen LogP contribution is -1.95. The Morgan fingerprint density at radius 3 is 2.82 bits per heavy atom. The average molecular weight is 225 g/mol. The molecule has 3 aromatic rings. The summed E-state index contributed by atoms with van der Waals surface area (Å²) in [5.74, 6) is 0. The van der Waals surface area contributed by atoms with Gasteiger partial charge in [0, 0.05) is 12.7 Å². The Morgan fingerprint density at radius 1 is 1.12 bits per heavy atom. The highest BCUT2D eigenvalue weighted by Crippen LogP contribution is 2.14. The molecule has 3 heterocycles. The molecule has 0 aromatic carbocycles. The van der Waals surface area contributed by atoms with E-state index in [0.29, 0.717) is 6.54 Å². The molecule has 17 heavy (non-hydrogen) atoms. The molecule has 84 valence electrons. The van der Waals surface area contributed by atoms with E-state index in [9.17, 15) is 0 Å². The minimum Gasteiger partial charge on any atom is -0.325 e. The normalized spacial score (nSPS) is 10.9. The standard InChI is InChI=1S/C12H11N5/c13-7-9-8-17-12(15-9)5-4-11(16-17)10-3-1-2-6-14-10/h1-6,8H,7,13H2. The quantitative estimate of drug-likeness (QED) is 0.712. The van der Waals surface area contributed by atoms with Crippen LogP contribution in [0.4, 0.5) is 0 Å². The molecule has 0 aliphatic heterocycles. The lowest BCUT2D eigenvalue weighted by atomic mass is 10.2. The van der Waals surface area contributed by atoms with Crippen LogP contribution in [-0.4, -0.2) is 19.6 Å². The average Bonchev–Trinajstić information content (AvgIpc) is 2.81. The summed E-state index contributed by atoms with van der Waals surface area (Å²) in [6, 6.07) is 9.56. The highest BCUT2D eigenvalue weighted by Gasteiger charge is 2.04. The number of aromatic nitrogens is 4. The van der Waals surface area contributed by atoms with Gasteiger partial charge in [-0.1, -0.05) is 6.07 Å². The largest absolute Gasteiger partial charge is 0.325 e. The summed E-state index contributed by atoms with van der Waals surface area (Å²) in [6.07, 6.45) is 3.59. The van der Waals surface area contributed by atoms with Crippen LogP contribution in [0.15, 0.2) is 42.7 Å². The Kier molecular flexibility index (Phi) is 2.31. The van der Waals surface area contributed by atoms with E-state index in [1.807, 2.05) is 36.5 Å². The summed E-state index contributed by atoms with van der Waals surface area (Å²) in [4.78, 5) is 8.58. The fraction of sp³-hybridized carbons (Fsp3) is 0.0833. The molecule has 0 spiro atoms. The third-order valence-corrected chi connectivity index (χ3v) is 2.51. The minimum absolute atomic E-state index is 0.419. The van der Waals surface area contributed by atoms with Gasteiger partial charge in [0.1, 0.15) is 5.69 Å². The summed E-state index contributed by atoms with van der Waals surface area (Å²) in [5.41, 5.74) is 8.84. The number of hydrogen-bond acceptors (Lipinski definition) is 4. The molecule has 3 rings (SSSR count). The van der Waals surface area contributed by atoms with E-state index in [0.717, 1.165) is 22.7 Å². The molecule has 0 bridgehead atoms. The number of pyridine rings is 1. The zero-order valence-electron chi connectivity index (χ0n) is 9.11. The monoisotopic (exact) mass is 225 g/mol. The van der Waals surface area contributed by atoms with Crippen molar-refractivity contribution in [3.8, 4) is 11.4 Å². The summed E-state index contributed by atoms with van der Waals surface area (Å²) in [7, 11) is 0. The van der Waals surface area contributed by atoms with E-state index in [2.05, 4.69) is 15.1 Å². The van der Waals surface area contributed by atoms with Gasteiger partial charge in [-0.15, -0.1) is 0 Å². The number of fused-ring (bicyclic) bond motifs is 1. The molecular weight excluding hydrogens is 214 g/mol. The van der Waals surface area contributed by atoms with Crippen molar-refractivity contribution >= 4 is 5.65 Å². The lowest BCUT2D eigenvalue weighted by molar-refractivity contribution is 0.930. The third-order valence-electron chi connectivity index (χ3n) is 2.51. The Morgan fingerprint density at radius 2 is 2.06 bits per heavy atom. The van der Waals surface area contributed by atoms with Gasteiger partial charge in [-0.3, -0.25) is 4.98 Å². The van der Waals surface area contributed by atoms with Crippen molar-refractivity contribution < 1.29 is 0 Å². The predicted octanol–water partition coefficient (Wildman–Crippen LogP) is 1.25. The van der Waals surface area contributed by atoms with Gasteiger partial charge >= 0.3 is 0 Å². The molecule has 0 amide bonds. The van der Waals surface area contributed by atoms with Gasteiger partial charge in [-0.2, -0.15) is 5.10 Å². The maximum Gasteiger partial charge on any atom is 0.153 e. The fourth-order valence-corrected chi connectivity index (χ4v) is 1.68. The zero-order chi connectivity index (χ0) is 11.7. The van der Waals surface area contributed by atoms with Crippen molar-refractivity contribution in [2.45, 2.75) is 6.54 Å². The van der Waals surface area contributed by atoms with Crippen LogP contribution in [0.25, 0.3) is 17.0 Å². The van der Waals surface area contributed by atoms with E-state index < -0.39 is 0 Å². The maximum atomic E-state index is 5.55. The maximum absolute atomic E-state index is 5.55. The first kappa shape index (κ1) is 9.92. The van der Waals surface area contributed by atoms with Crippen LogP contribution in [0.3, 0.4) is 0 Å². The van der Waals surface area contributed by atoms with Gasteiger partial charge in [0.25, 0.3) is 0 Å². The summed E-state index contributed by atoms with van der Waals surface area (Å²) in [6.45, 7) is 0.419. The number of imidazole rings is 1. The molecule has 2 N–H and O–H groups in total. The van der Waals surface area contributed by atoms with Crippen molar-refractivity contribution in [1.82, 2.24) is 19.6 Å². The lowest BCUT2D eigenvalue weighted by Gasteiger charge is -1.99.